The Labute approximate surface area is 164 Å². The van der Waals surface area contributed by atoms with Crippen molar-refractivity contribution in [3.8, 4) is 23.0 Å². The number of nitrogens with zero attached hydrogens (tertiary/aromatic N) is 1. The minimum Gasteiger partial charge on any atom is -0.207 e. The van der Waals surface area contributed by atoms with Gasteiger partial charge in [-0.15, -0.1) is 0 Å². The van der Waals surface area contributed by atoms with E-state index in [0.29, 0.717) is 16.7 Å². The number of aliphatic imine (C=N–C) groups is 1. The summed E-state index contributed by atoms with van der Waals surface area (Å²) in [6, 6.07) is 11.2. The lowest BCUT2D eigenvalue weighted by molar-refractivity contribution is 0.569. The zero-order chi connectivity index (χ0) is 20.3. The van der Waals surface area contributed by atoms with Gasteiger partial charge in [-0.25, -0.2) is 17.6 Å². The van der Waals surface area contributed by atoms with Crippen molar-refractivity contribution in [2.24, 2.45) is 4.99 Å². The van der Waals surface area contributed by atoms with Gasteiger partial charge in [-0.3, -0.25) is 0 Å². The molecule has 0 bridgehead atoms. The Bertz CT molecular complexity index is 1120. The Morgan fingerprint density at radius 1 is 0.714 bits per heavy atom. The van der Waals surface area contributed by atoms with Crippen molar-refractivity contribution in [2.75, 3.05) is 0 Å². The van der Waals surface area contributed by atoms with E-state index in [1.165, 1.54) is 19.1 Å². The molecule has 0 saturated carbocycles. The molecule has 0 saturated heterocycles. The maximum atomic E-state index is 13.8. The molecule has 1 nitrogen and oxygen atoms in total. The number of thiocarbonyl (C=S) groups is 1. The van der Waals surface area contributed by atoms with Gasteiger partial charge in [-0.2, -0.15) is 4.99 Å². The zero-order valence-electron chi connectivity index (χ0n) is 14.5. The summed E-state index contributed by atoms with van der Waals surface area (Å²) in [6.07, 6.45) is 0. The van der Waals surface area contributed by atoms with Crippen LogP contribution in [0, 0.1) is 42.0 Å². The molecular weight excluding hydrogens is 386 g/mol. The second-order valence-corrected chi connectivity index (χ2v) is 6.07. The largest absolute Gasteiger partial charge is 0.207 e. The van der Waals surface area contributed by atoms with Gasteiger partial charge in [0.2, 0.25) is 0 Å². The Balaban J connectivity index is 1.88. The van der Waals surface area contributed by atoms with Crippen molar-refractivity contribution >= 4 is 23.1 Å². The van der Waals surface area contributed by atoms with Crippen molar-refractivity contribution in [2.45, 2.75) is 6.92 Å². The van der Waals surface area contributed by atoms with Crippen LogP contribution in [0.25, 0.3) is 11.1 Å². The van der Waals surface area contributed by atoms with Gasteiger partial charge in [0.05, 0.1) is 5.16 Å². The second kappa shape index (κ2) is 8.18. The maximum absolute atomic E-state index is 13.8. The fraction of sp³-hybridized carbons (Fsp3) is 0.0455. The Hall–Kier alpha value is -3.26. The van der Waals surface area contributed by atoms with E-state index in [-0.39, 0.29) is 11.1 Å². The van der Waals surface area contributed by atoms with E-state index in [1.54, 1.807) is 24.3 Å². The summed E-state index contributed by atoms with van der Waals surface area (Å²) in [5, 5.41) is 1.92. The molecule has 0 aliphatic carbocycles. The van der Waals surface area contributed by atoms with Crippen LogP contribution in [0.5, 0.6) is 0 Å². The topological polar surface area (TPSA) is 12.4 Å². The Morgan fingerprint density at radius 3 is 1.79 bits per heavy atom. The zero-order valence-corrected chi connectivity index (χ0v) is 15.3. The van der Waals surface area contributed by atoms with Gasteiger partial charge in [0.15, 0.2) is 11.6 Å². The normalized spacial score (nSPS) is 10.0. The fourth-order valence-electron chi connectivity index (χ4n) is 2.49. The highest BCUT2D eigenvalue weighted by molar-refractivity contribution is 7.78. The summed E-state index contributed by atoms with van der Waals surface area (Å²) >= 11 is 4.35. The van der Waals surface area contributed by atoms with E-state index in [1.807, 2.05) is 5.16 Å². The molecule has 3 aromatic rings. The molecule has 0 N–H and O–H groups in total. The molecular formula is C22H11F4NS. The predicted octanol–water partition coefficient (Wildman–Crippen LogP) is 6.35. The monoisotopic (exact) mass is 397 g/mol. The van der Waals surface area contributed by atoms with Crippen LogP contribution in [-0.4, -0.2) is 5.16 Å². The third kappa shape index (κ3) is 4.17. The highest BCUT2D eigenvalue weighted by Crippen LogP contribution is 2.25. The smallest absolute Gasteiger partial charge is 0.153 e. The highest BCUT2D eigenvalue weighted by atomic mass is 32.1. The molecule has 0 fully saturated rings. The molecule has 0 unspecified atom stereocenters. The molecule has 3 aromatic carbocycles. The van der Waals surface area contributed by atoms with E-state index < -0.39 is 29.0 Å². The van der Waals surface area contributed by atoms with E-state index in [2.05, 4.69) is 29.1 Å². The van der Waals surface area contributed by atoms with E-state index >= 15 is 0 Å². The van der Waals surface area contributed by atoms with Crippen LogP contribution < -0.4 is 0 Å². The number of hydrogen-bond acceptors (Lipinski definition) is 2. The third-order valence-corrected chi connectivity index (χ3v) is 4.12. The highest BCUT2D eigenvalue weighted by Gasteiger charge is 2.10. The summed E-state index contributed by atoms with van der Waals surface area (Å²) in [6.45, 7) is 1.37. The van der Waals surface area contributed by atoms with E-state index in [0.717, 1.165) is 12.1 Å². The van der Waals surface area contributed by atoms with Gasteiger partial charge in [0, 0.05) is 16.7 Å². The van der Waals surface area contributed by atoms with Crippen LogP contribution in [0.15, 0.2) is 53.5 Å². The SMILES string of the molecule is Cc1c(F)cc(-c2ccc(C#Cc3cc(F)c(N=C=S)c(F)c3)cc2)cc1F. The van der Waals surface area contributed by atoms with E-state index in [9.17, 15) is 17.6 Å². The molecule has 0 aliphatic heterocycles. The average Bonchev–Trinajstić information content (AvgIpc) is 2.67. The lowest BCUT2D eigenvalue weighted by Gasteiger charge is -2.05. The van der Waals surface area contributed by atoms with Crippen LogP contribution >= 0.6 is 12.2 Å². The van der Waals surface area contributed by atoms with Crippen LogP contribution in [0.1, 0.15) is 16.7 Å². The number of hydrogen-bond donors (Lipinski definition) is 0. The number of rotatable bonds is 2. The van der Waals surface area contributed by atoms with Gasteiger partial charge < -0.3 is 0 Å². The quantitative estimate of drug-likeness (QED) is 0.212. The standard InChI is InChI=1S/C22H11F4NS/c1-13-18(23)10-17(11-19(13)24)16-6-4-14(5-7-16)2-3-15-8-20(25)22(27-12-28)21(26)9-15/h4-11H,1H3. The number of halogens is 4. The Kier molecular flexibility index (Phi) is 5.70. The third-order valence-electron chi connectivity index (χ3n) is 4.02. The lowest BCUT2D eigenvalue weighted by Crippen LogP contribution is -1.90. The van der Waals surface area contributed by atoms with Crippen molar-refractivity contribution in [1.82, 2.24) is 0 Å². The molecule has 0 aromatic heterocycles. The summed E-state index contributed by atoms with van der Waals surface area (Å²) in [5.41, 5.74) is 1.17. The molecule has 6 heteroatoms. The molecule has 0 atom stereocenters. The first-order valence-corrected chi connectivity index (χ1v) is 8.45. The Morgan fingerprint density at radius 2 is 1.25 bits per heavy atom. The molecule has 0 aliphatic rings. The lowest BCUT2D eigenvalue weighted by atomic mass is 10.0. The molecule has 0 heterocycles. The van der Waals surface area contributed by atoms with Crippen LogP contribution in [0.4, 0.5) is 23.2 Å². The minimum absolute atomic E-state index is 0.0343. The first kappa shape index (κ1) is 19.5. The molecule has 138 valence electrons. The van der Waals surface area contributed by atoms with Crippen LogP contribution in [0.2, 0.25) is 0 Å². The van der Waals surface area contributed by atoms with Crippen molar-refractivity contribution in [3.63, 3.8) is 0 Å². The number of benzene rings is 3. The summed E-state index contributed by atoms with van der Waals surface area (Å²) < 4.78 is 55.0. The minimum atomic E-state index is -0.888. The summed E-state index contributed by atoms with van der Waals surface area (Å²) in [7, 11) is 0. The molecule has 0 amide bonds. The van der Waals surface area contributed by atoms with Gasteiger partial charge in [0.25, 0.3) is 0 Å². The van der Waals surface area contributed by atoms with Gasteiger partial charge in [0.1, 0.15) is 17.3 Å². The first-order valence-electron chi connectivity index (χ1n) is 8.04. The number of isothiocyanates is 1. The predicted molar refractivity (Wildman–Crippen MR) is 104 cm³/mol. The van der Waals surface area contributed by atoms with E-state index in [4.69, 9.17) is 0 Å². The summed E-state index contributed by atoms with van der Waals surface area (Å²) in [4.78, 5) is 3.33. The molecule has 0 spiro atoms. The van der Waals surface area contributed by atoms with Gasteiger partial charge in [-0.05, 0) is 66.7 Å². The second-order valence-electron chi connectivity index (χ2n) is 5.88. The molecule has 28 heavy (non-hydrogen) atoms. The van der Waals surface area contributed by atoms with Crippen molar-refractivity contribution < 1.29 is 17.6 Å². The van der Waals surface area contributed by atoms with Gasteiger partial charge >= 0.3 is 0 Å². The molecule has 3 rings (SSSR count). The van der Waals surface area contributed by atoms with Crippen LogP contribution in [0.3, 0.4) is 0 Å². The molecule has 0 radical (unpaired) electrons. The van der Waals surface area contributed by atoms with Gasteiger partial charge in [-0.1, -0.05) is 24.0 Å². The summed E-state index contributed by atoms with van der Waals surface area (Å²) in [5.74, 6) is 2.42. The van der Waals surface area contributed by atoms with Crippen molar-refractivity contribution in [1.29, 1.82) is 0 Å². The van der Waals surface area contributed by atoms with Crippen LogP contribution in [-0.2, 0) is 0 Å². The first-order chi connectivity index (χ1) is 13.4. The fourth-order valence-corrected chi connectivity index (χ4v) is 2.58. The average molecular weight is 397 g/mol. The maximum Gasteiger partial charge on any atom is 0.153 e. The van der Waals surface area contributed by atoms with Crippen molar-refractivity contribution in [3.05, 3.63) is 88.5 Å².